The van der Waals surface area contributed by atoms with Crippen LogP contribution in [0, 0.1) is 0 Å². The first-order valence-electron chi connectivity index (χ1n) is 15.6. The van der Waals surface area contributed by atoms with Crippen molar-refractivity contribution in [3.63, 3.8) is 0 Å². The molecule has 7 nitrogen and oxygen atoms in total. The Labute approximate surface area is 189 Å². The molecule has 3 N–H and O–H groups in total. The van der Waals surface area contributed by atoms with E-state index in [-0.39, 0.29) is 5.56 Å². The molecule has 2 rings (SSSR count). The summed E-state index contributed by atoms with van der Waals surface area (Å²) >= 11 is 0. The molecule has 0 aromatic heterocycles. The predicted molar refractivity (Wildman–Crippen MR) is 109 cm³/mol. The highest BCUT2D eigenvalue weighted by Crippen LogP contribution is 2.26. The third-order valence-electron chi connectivity index (χ3n) is 3.12. The van der Waals surface area contributed by atoms with Gasteiger partial charge in [0.25, 0.3) is 0 Å². The number of hydrogen-bond donors (Lipinski definition) is 2. The van der Waals surface area contributed by atoms with E-state index in [0.717, 1.165) is 25.1 Å². The van der Waals surface area contributed by atoms with Gasteiger partial charge in [0.2, 0.25) is 10.0 Å². The Bertz CT molecular complexity index is 1490. The van der Waals surface area contributed by atoms with E-state index < -0.39 is 102 Å². The summed E-state index contributed by atoms with van der Waals surface area (Å²) in [6, 6.07) is -2.68. The molecule has 0 bridgehead atoms. The van der Waals surface area contributed by atoms with Gasteiger partial charge in [0.15, 0.2) is 11.5 Å². The maximum Gasteiger partial charge on any atom is 0.241 e. The summed E-state index contributed by atoms with van der Waals surface area (Å²) in [7, 11) is -7.68. The summed E-state index contributed by atoms with van der Waals surface area (Å²) in [6.45, 7) is -9.52. The van der Waals surface area contributed by atoms with Crippen LogP contribution in [0.25, 0.3) is 0 Å². The molecule has 28 heavy (non-hydrogen) atoms. The minimum Gasteiger partial charge on any atom is -0.495 e. The molecule has 0 radical (unpaired) electrons. The summed E-state index contributed by atoms with van der Waals surface area (Å²) in [5.74, 6) is -2.65. The van der Waals surface area contributed by atoms with E-state index in [2.05, 4.69) is 10.1 Å². The van der Waals surface area contributed by atoms with Gasteiger partial charge in [-0.25, -0.2) is 13.6 Å². The molecular formula is C20H28N2O5S. The zero-order valence-electron chi connectivity index (χ0n) is 30.5. The quantitative estimate of drug-likeness (QED) is 0.574. The Kier molecular flexibility index (Phi) is 3.17. The molecule has 0 saturated carbocycles. The minimum atomic E-state index is -4.62. The standard InChI is InChI=1S/C20H28N2O5S/c1-4-26-17-7-5-6-8-18(17)27-12-11-22-15(2)13-16-9-10-19(25-3)20(14-16)28(21,23)24/h5-10,14-15,22H,4,11-13H2,1-3H3,(H2,21,23,24)/t15-/m1/s1/i1D3,3D3,4D2,5D,6D,7D,8D,11D2,13D2. The van der Waals surface area contributed by atoms with Crippen molar-refractivity contribution < 1.29 is 44.6 Å². The van der Waals surface area contributed by atoms with E-state index in [9.17, 15) is 8.42 Å². The first-order chi connectivity index (χ1) is 19.5. The number of nitrogens with one attached hydrogen (secondary N) is 1. The van der Waals surface area contributed by atoms with Crippen molar-refractivity contribution in [3.05, 3.63) is 47.9 Å². The Morgan fingerprint density at radius 3 is 2.68 bits per heavy atom. The van der Waals surface area contributed by atoms with Gasteiger partial charge in [-0.2, -0.15) is 0 Å². The van der Waals surface area contributed by atoms with Gasteiger partial charge in [0, 0.05) is 22.1 Å². The number of rotatable bonds is 11. The van der Waals surface area contributed by atoms with Crippen LogP contribution in [0.4, 0.5) is 0 Å². The van der Waals surface area contributed by atoms with Crippen molar-refractivity contribution in [3.8, 4) is 17.2 Å². The Balaban J connectivity index is 2.41. The lowest BCUT2D eigenvalue weighted by molar-refractivity contribution is 0.272. The zero-order valence-corrected chi connectivity index (χ0v) is 15.4. The number of ether oxygens (including phenoxy) is 3. The highest BCUT2D eigenvalue weighted by Gasteiger charge is 2.16. The molecule has 0 saturated heterocycles. The summed E-state index contributed by atoms with van der Waals surface area (Å²) in [4.78, 5) is -0.851. The fourth-order valence-corrected chi connectivity index (χ4v) is 2.69. The second-order valence-corrected chi connectivity index (χ2v) is 6.68. The van der Waals surface area contributed by atoms with Crippen LogP contribution < -0.4 is 24.7 Å². The van der Waals surface area contributed by atoms with E-state index in [4.69, 9.17) is 36.5 Å². The fourth-order valence-electron chi connectivity index (χ4n) is 2.01. The molecule has 0 amide bonds. The molecule has 2 aromatic carbocycles. The Hall–Kier alpha value is -2.29. The van der Waals surface area contributed by atoms with Crippen LogP contribution >= 0.6 is 0 Å². The molecule has 0 aliphatic heterocycles. The van der Waals surface area contributed by atoms with Crippen LogP contribution in [-0.2, 0) is 16.4 Å². The van der Waals surface area contributed by atoms with E-state index in [1.54, 1.807) is 0 Å². The molecule has 1 atom stereocenters. The number of hydrogen-bond acceptors (Lipinski definition) is 6. The summed E-state index contributed by atoms with van der Waals surface area (Å²) in [6.07, 6.45) is -2.58. The van der Waals surface area contributed by atoms with Gasteiger partial charge >= 0.3 is 0 Å². The van der Waals surface area contributed by atoms with Gasteiger partial charge in [-0.3, -0.25) is 0 Å². The first-order valence-corrected chi connectivity index (χ1v) is 9.13. The summed E-state index contributed by atoms with van der Waals surface area (Å²) in [5, 5.41) is 7.42. The minimum absolute atomic E-state index is 0.379. The Morgan fingerprint density at radius 1 is 1.25 bits per heavy atom. The molecular weight excluding hydrogens is 380 g/mol. The van der Waals surface area contributed by atoms with E-state index in [1.165, 1.54) is 0 Å². The summed E-state index contributed by atoms with van der Waals surface area (Å²) in [5.41, 5.74) is -0.379. The van der Waals surface area contributed by atoms with Crippen molar-refractivity contribution >= 4 is 10.0 Å². The first kappa shape index (κ1) is 8.61. The molecule has 8 heteroatoms. The van der Waals surface area contributed by atoms with Crippen molar-refractivity contribution in [1.29, 1.82) is 0 Å². The molecule has 0 aliphatic rings. The maximum absolute atomic E-state index is 12.1. The van der Waals surface area contributed by atoms with Crippen LogP contribution in [0.1, 0.15) is 41.3 Å². The zero-order chi connectivity index (χ0) is 34.4. The molecule has 2 aromatic rings. The van der Waals surface area contributed by atoms with Gasteiger partial charge in [0.1, 0.15) is 17.3 Å². The highest BCUT2D eigenvalue weighted by molar-refractivity contribution is 7.89. The fraction of sp³-hybridized carbons (Fsp3) is 0.400. The number of methoxy groups -OCH3 is 1. The number of benzene rings is 2. The molecule has 154 valence electrons. The smallest absolute Gasteiger partial charge is 0.241 e. The van der Waals surface area contributed by atoms with Crippen LogP contribution in [0.15, 0.2) is 47.3 Å². The molecule has 0 aliphatic carbocycles. The second-order valence-electron chi connectivity index (χ2n) is 5.15. The number of sulfonamides is 1. The van der Waals surface area contributed by atoms with Crippen LogP contribution in [0.5, 0.6) is 17.2 Å². The number of primary sulfonamides is 1. The van der Waals surface area contributed by atoms with Crippen molar-refractivity contribution in [2.24, 2.45) is 5.14 Å². The van der Waals surface area contributed by atoms with Gasteiger partial charge in [0.05, 0.1) is 25.9 Å². The molecule has 0 fully saturated rings. The van der Waals surface area contributed by atoms with Gasteiger partial charge < -0.3 is 19.5 Å². The number of nitrogens with two attached hydrogens (primary N) is 1. The summed E-state index contributed by atoms with van der Waals surface area (Å²) < 4.78 is 163. The molecule has 0 spiro atoms. The number of para-hydroxylation sites is 2. The van der Waals surface area contributed by atoms with E-state index >= 15 is 0 Å². The van der Waals surface area contributed by atoms with E-state index in [0.29, 0.717) is 0 Å². The van der Waals surface area contributed by atoms with Crippen LogP contribution in [0.3, 0.4) is 0 Å². The van der Waals surface area contributed by atoms with Crippen molar-refractivity contribution in [2.75, 3.05) is 26.7 Å². The normalized spacial score (nSPS) is 23.2. The van der Waals surface area contributed by atoms with Crippen molar-refractivity contribution in [2.45, 2.75) is 31.1 Å². The Morgan fingerprint density at radius 2 is 2.00 bits per heavy atom. The van der Waals surface area contributed by atoms with Crippen molar-refractivity contribution in [1.82, 2.24) is 5.32 Å². The van der Waals surface area contributed by atoms with E-state index in [1.807, 2.05) is 0 Å². The SMILES string of the molecule is [2H]c1c([2H])c([2H])c(OC([2H])([2H])C([2H])([2H])[2H])c(OCC([2H])([2H])N[C@H](C)C([2H])([2H])c2ccc(OC([2H])([2H])[2H])c(S(N)(=O)=O)c2)c1[2H]. The van der Waals surface area contributed by atoms with Gasteiger partial charge in [-0.05, 0) is 49.9 Å². The maximum atomic E-state index is 12.1. The predicted octanol–water partition coefficient (Wildman–Crippen LogP) is 2.34. The second kappa shape index (κ2) is 10.3. The van der Waals surface area contributed by atoms with Gasteiger partial charge in [-0.15, -0.1) is 0 Å². The largest absolute Gasteiger partial charge is 0.495 e. The average Bonchev–Trinajstić information content (AvgIpc) is 2.83. The lowest BCUT2D eigenvalue weighted by Gasteiger charge is -2.16. The monoisotopic (exact) mass is 424 g/mol. The lowest BCUT2D eigenvalue weighted by atomic mass is 10.1. The lowest BCUT2D eigenvalue weighted by Crippen LogP contribution is -2.32. The third kappa shape index (κ3) is 6.40. The topological polar surface area (TPSA) is 99.9 Å². The van der Waals surface area contributed by atoms with Crippen LogP contribution in [-0.4, -0.2) is 41.2 Å². The average molecular weight is 425 g/mol. The van der Waals surface area contributed by atoms with Crippen LogP contribution in [0.2, 0.25) is 0 Å². The molecule has 0 unspecified atom stereocenters. The molecule has 0 heterocycles. The highest BCUT2D eigenvalue weighted by atomic mass is 32.2. The van der Waals surface area contributed by atoms with Gasteiger partial charge in [-0.1, -0.05) is 18.2 Å². The third-order valence-corrected chi connectivity index (χ3v) is 4.06.